The smallest absolute Gasteiger partial charge is 0.256 e. The Kier molecular flexibility index (Phi) is 3.01. The van der Waals surface area contributed by atoms with Crippen molar-refractivity contribution in [2.24, 2.45) is 0 Å². The van der Waals surface area contributed by atoms with Gasteiger partial charge in [-0.2, -0.15) is 0 Å². The Hall–Kier alpha value is -2.95. The van der Waals surface area contributed by atoms with Gasteiger partial charge in [0.2, 0.25) is 5.69 Å². The highest BCUT2D eigenvalue weighted by atomic mass is 16.8. The lowest BCUT2D eigenvalue weighted by molar-refractivity contribution is -0.793. The van der Waals surface area contributed by atoms with Crippen LogP contribution < -0.4 is 4.90 Å². The van der Waals surface area contributed by atoms with Gasteiger partial charge in [0.15, 0.2) is 0 Å². The first-order valence-corrected chi connectivity index (χ1v) is 6.00. The molecule has 5 heteroatoms. The second kappa shape index (κ2) is 4.97. The van der Waals surface area contributed by atoms with E-state index in [1.165, 1.54) is 0 Å². The van der Waals surface area contributed by atoms with E-state index in [0.717, 1.165) is 11.8 Å². The van der Waals surface area contributed by atoms with Gasteiger partial charge < -0.3 is 5.21 Å². The molecule has 0 aliphatic rings. The van der Waals surface area contributed by atoms with E-state index in [-0.39, 0.29) is 0 Å². The summed E-state index contributed by atoms with van der Waals surface area (Å²) >= 11 is 0. The second-order valence-electron chi connectivity index (χ2n) is 4.23. The Balaban J connectivity index is 2.13. The number of hydrogen-bond acceptors (Lipinski definition) is 4. The van der Waals surface area contributed by atoms with Gasteiger partial charge in [-0.25, -0.2) is 0 Å². The number of aldehydes is 1. The first kappa shape index (κ1) is 12.1. The molecule has 20 heavy (non-hydrogen) atoms. The van der Waals surface area contributed by atoms with Gasteiger partial charge in [-0.15, -0.1) is 0 Å². The minimum atomic E-state index is 0.351. The summed E-state index contributed by atoms with van der Waals surface area (Å²) in [5.74, 6) is 0. The van der Waals surface area contributed by atoms with E-state index in [0.29, 0.717) is 27.4 Å². The van der Waals surface area contributed by atoms with Crippen molar-refractivity contribution in [1.29, 1.82) is 0 Å². The van der Waals surface area contributed by atoms with Gasteiger partial charge in [0.05, 0.1) is 0 Å². The highest BCUT2D eigenvalue weighted by Gasteiger charge is 2.22. The minimum Gasteiger partial charge on any atom is -0.359 e. The molecule has 3 rings (SSSR count). The molecule has 0 bridgehead atoms. The first-order valence-electron chi connectivity index (χ1n) is 6.00. The number of carbonyl (C=O) groups is 1. The van der Waals surface area contributed by atoms with Crippen molar-refractivity contribution in [3.63, 3.8) is 0 Å². The highest BCUT2D eigenvalue weighted by Crippen LogP contribution is 2.27. The van der Waals surface area contributed by atoms with E-state index < -0.39 is 0 Å². The van der Waals surface area contributed by atoms with Crippen LogP contribution in [0.1, 0.15) is 10.4 Å². The fourth-order valence-electron chi connectivity index (χ4n) is 2.00. The summed E-state index contributed by atoms with van der Waals surface area (Å²) in [6.45, 7) is 0. The van der Waals surface area contributed by atoms with E-state index >= 15 is 0 Å². The summed E-state index contributed by atoms with van der Waals surface area (Å²) in [4.78, 5) is 11.0. The summed E-state index contributed by atoms with van der Waals surface area (Å²) < 4.78 is 4.70. The van der Waals surface area contributed by atoms with Crippen molar-refractivity contribution in [3.8, 4) is 22.5 Å². The number of rotatable bonds is 3. The molecule has 0 fully saturated rings. The molecule has 2 aromatic carbocycles. The van der Waals surface area contributed by atoms with Gasteiger partial charge in [-0.3, -0.25) is 9.42 Å². The van der Waals surface area contributed by atoms with E-state index in [2.05, 4.69) is 5.16 Å². The molecule has 0 saturated heterocycles. The average Bonchev–Trinajstić information content (AvgIpc) is 2.90. The fourth-order valence-corrected chi connectivity index (χ4v) is 2.00. The molecule has 0 aliphatic carbocycles. The quantitative estimate of drug-likeness (QED) is 0.539. The van der Waals surface area contributed by atoms with E-state index in [9.17, 15) is 10.0 Å². The van der Waals surface area contributed by atoms with Gasteiger partial charge in [0.25, 0.3) is 5.69 Å². The van der Waals surface area contributed by atoms with Crippen LogP contribution in [0.25, 0.3) is 22.5 Å². The Morgan fingerprint density at radius 1 is 1.00 bits per heavy atom. The third kappa shape index (κ3) is 2.05. The molecule has 0 amide bonds. The lowest BCUT2D eigenvalue weighted by Crippen LogP contribution is -2.25. The summed E-state index contributed by atoms with van der Waals surface area (Å²) in [5, 5.41) is 15.6. The van der Waals surface area contributed by atoms with Gasteiger partial charge in [-0.1, -0.05) is 42.5 Å². The minimum absolute atomic E-state index is 0.351. The molecular formula is C15H10N2O3. The van der Waals surface area contributed by atoms with Gasteiger partial charge in [0, 0.05) is 21.8 Å². The van der Waals surface area contributed by atoms with E-state index in [4.69, 9.17) is 4.63 Å². The number of carbonyl (C=O) groups excluding carboxylic acids is 1. The standard InChI is InChI=1S/C15H10N2O3/c18-10-11-6-8-12(9-7-11)14-15(17(19)20-16-14)13-4-2-1-3-5-13/h1-10H. The molecule has 0 saturated carbocycles. The molecular weight excluding hydrogens is 256 g/mol. The van der Waals surface area contributed by atoms with Gasteiger partial charge in [0.1, 0.15) is 6.29 Å². The maximum atomic E-state index is 11.8. The molecule has 0 aliphatic heterocycles. The predicted octanol–water partition coefficient (Wildman–Crippen LogP) is 2.45. The number of benzene rings is 2. The zero-order valence-electron chi connectivity index (χ0n) is 10.4. The number of aromatic nitrogens is 2. The third-order valence-corrected chi connectivity index (χ3v) is 2.98. The maximum Gasteiger partial charge on any atom is 0.256 e. The van der Waals surface area contributed by atoms with Gasteiger partial charge in [-0.05, 0) is 17.0 Å². The highest BCUT2D eigenvalue weighted by molar-refractivity contribution is 5.79. The molecule has 0 atom stereocenters. The third-order valence-electron chi connectivity index (χ3n) is 2.98. The SMILES string of the molecule is O=Cc1ccc(-c2no[n+]([O-])c2-c2ccccc2)cc1. The fraction of sp³-hybridized carbons (Fsp3) is 0. The molecule has 0 N–H and O–H groups in total. The zero-order valence-corrected chi connectivity index (χ0v) is 10.4. The van der Waals surface area contributed by atoms with Crippen LogP contribution in [0.4, 0.5) is 0 Å². The van der Waals surface area contributed by atoms with Crippen molar-refractivity contribution in [3.05, 3.63) is 65.4 Å². The summed E-state index contributed by atoms with van der Waals surface area (Å²) in [6, 6.07) is 16.0. The van der Waals surface area contributed by atoms with E-state index in [1.807, 2.05) is 30.3 Å². The topological polar surface area (TPSA) is 70.0 Å². The molecule has 0 spiro atoms. The Bertz CT molecular complexity index is 734. The molecule has 1 heterocycles. The van der Waals surface area contributed by atoms with Crippen molar-refractivity contribution >= 4 is 6.29 Å². The zero-order chi connectivity index (χ0) is 13.9. The molecule has 98 valence electrons. The Morgan fingerprint density at radius 3 is 2.35 bits per heavy atom. The average molecular weight is 266 g/mol. The van der Waals surface area contributed by atoms with Crippen LogP contribution in [0, 0.1) is 5.21 Å². The van der Waals surface area contributed by atoms with Crippen LogP contribution in [0.3, 0.4) is 0 Å². The Labute approximate surface area is 114 Å². The number of hydrogen-bond donors (Lipinski definition) is 0. The molecule has 1 aromatic heterocycles. The number of nitrogens with zero attached hydrogens (tertiary/aromatic N) is 2. The summed E-state index contributed by atoms with van der Waals surface area (Å²) in [7, 11) is 0. The molecule has 0 unspecified atom stereocenters. The second-order valence-corrected chi connectivity index (χ2v) is 4.23. The van der Waals surface area contributed by atoms with Crippen LogP contribution in [0.5, 0.6) is 0 Å². The van der Waals surface area contributed by atoms with Crippen molar-refractivity contribution in [2.45, 2.75) is 0 Å². The van der Waals surface area contributed by atoms with Crippen LogP contribution in [0.15, 0.2) is 59.2 Å². The van der Waals surface area contributed by atoms with Crippen molar-refractivity contribution < 1.29 is 14.3 Å². The molecule has 0 radical (unpaired) electrons. The van der Waals surface area contributed by atoms with Crippen LogP contribution in [-0.4, -0.2) is 11.4 Å². The monoisotopic (exact) mass is 266 g/mol. The predicted molar refractivity (Wildman–Crippen MR) is 71.7 cm³/mol. The largest absolute Gasteiger partial charge is 0.359 e. The van der Waals surface area contributed by atoms with Gasteiger partial charge >= 0.3 is 0 Å². The summed E-state index contributed by atoms with van der Waals surface area (Å²) in [6.07, 6.45) is 0.762. The van der Waals surface area contributed by atoms with Crippen LogP contribution in [-0.2, 0) is 0 Å². The molecule has 3 aromatic rings. The summed E-state index contributed by atoms with van der Waals surface area (Å²) in [5.41, 5.74) is 2.80. The normalized spacial score (nSPS) is 10.4. The van der Waals surface area contributed by atoms with Crippen LogP contribution >= 0.6 is 0 Å². The molecule has 5 nitrogen and oxygen atoms in total. The van der Waals surface area contributed by atoms with Crippen molar-refractivity contribution in [2.75, 3.05) is 0 Å². The lowest BCUT2D eigenvalue weighted by Gasteiger charge is -1.99. The lowest BCUT2D eigenvalue weighted by atomic mass is 10.0. The maximum absolute atomic E-state index is 11.8. The van der Waals surface area contributed by atoms with Crippen molar-refractivity contribution in [1.82, 2.24) is 5.16 Å². The first-order chi connectivity index (χ1) is 9.79. The van der Waals surface area contributed by atoms with Crippen LogP contribution in [0.2, 0.25) is 0 Å². The van der Waals surface area contributed by atoms with E-state index in [1.54, 1.807) is 24.3 Å². The Morgan fingerprint density at radius 2 is 1.70 bits per heavy atom.